The number of ether oxygens (including phenoxy) is 1. The summed E-state index contributed by atoms with van der Waals surface area (Å²) in [6.07, 6.45) is 2.53. The predicted octanol–water partition coefficient (Wildman–Crippen LogP) is 4.00. The Balaban J connectivity index is 2.35. The number of carbonyl (C=O) groups is 1. The highest BCUT2D eigenvalue weighted by molar-refractivity contribution is 9.09. The molecule has 0 aromatic heterocycles. The van der Waals surface area contributed by atoms with Crippen LogP contribution in [0.2, 0.25) is 0 Å². The van der Waals surface area contributed by atoms with Crippen LogP contribution >= 0.6 is 15.9 Å². The number of nitrogens with zero attached hydrogens (tertiary/aromatic N) is 1. The Morgan fingerprint density at radius 3 is 2.65 bits per heavy atom. The van der Waals surface area contributed by atoms with Crippen molar-refractivity contribution in [1.82, 2.24) is 0 Å². The molecule has 4 heteroatoms. The maximum absolute atomic E-state index is 12.4. The number of fused-ring (bicyclic) bond motifs is 1. The molecule has 2 rings (SSSR count). The van der Waals surface area contributed by atoms with Gasteiger partial charge in [0.1, 0.15) is 5.75 Å². The Hall–Kier alpha value is -1.03. The van der Waals surface area contributed by atoms with E-state index in [1.165, 1.54) is 0 Å². The number of benzene rings is 1. The summed E-state index contributed by atoms with van der Waals surface area (Å²) < 4.78 is 5.69. The van der Waals surface area contributed by atoms with Gasteiger partial charge in [0.15, 0.2) is 0 Å². The molecule has 0 unspecified atom stereocenters. The van der Waals surface area contributed by atoms with Crippen molar-refractivity contribution in [1.29, 1.82) is 0 Å². The molecular weight excluding hydrogens is 318 g/mol. The van der Waals surface area contributed by atoms with E-state index >= 15 is 0 Å². The first-order chi connectivity index (χ1) is 9.65. The van der Waals surface area contributed by atoms with Gasteiger partial charge in [0, 0.05) is 11.9 Å². The van der Waals surface area contributed by atoms with Gasteiger partial charge >= 0.3 is 0 Å². The number of amides is 1. The Morgan fingerprint density at radius 2 is 2.00 bits per heavy atom. The number of para-hydroxylation sites is 2. The molecule has 0 aliphatic carbocycles. The molecule has 0 bridgehead atoms. The standard InChI is InChI=1S/C16H22BrNO2/c1-3-16(4-2,11-17)12-18-13-7-5-6-8-14(13)20-10-9-15(18)19/h5-8H,3-4,9-12H2,1-2H3. The first-order valence-electron chi connectivity index (χ1n) is 7.24. The van der Waals surface area contributed by atoms with Crippen molar-refractivity contribution in [2.75, 3.05) is 23.4 Å². The van der Waals surface area contributed by atoms with Crippen molar-refractivity contribution in [2.45, 2.75) is 33.1 Å². The van der Waals surface area contributed by atoms with Crippen molar-refractivity contribution >= 4 is 27.5 Å². The van der Waals surface area contributed by atoms with E-state index in [0.29, 0.717) is 13.0 Å². The number of alkyl halides is 1. The lowest BCUT2D eigenvalue weighted by Gasteiger charge is -2.35. The van der Waals surface area contributed by atoms with E-state index in [1.54, 1.807) is 0 Å². The summed E-state index contributed by atoms with van der Waals surface area (Å²) in [5.41, 5.74) is 1.02. The molecule has 3 nitrogen and oxygen atoms in total. The van der Waals surface area contributed by atoms with Crippen molar-refractivity contribution in [3.05, 3.63) is 24.3 Å². The lowest BCUT2D eigenvalue weighted by atomic mass is 9.84. The highest BCUT2D eigenvalue weighted by Crippen LogP contribution is 2.36. The highest BCUT2D eigenvalue weighted by atomic mass is 79.9. The lowest BCUT2D eigenvalue weighted by Crippen LogP contribution is -2.41. The SMILES string of the molecule is CCC(CC)(CBr)CN1C(=O)CCOc2ccccc21. The number of halogens is 1. The zero-order chi connectivity index (χ0) is 14.6. The predicted molar refractivity (Wildman–Crippen MR) is 85.7 cm³/mol. The maximum atomic E-state index is 12.4. The molecule has 0 saturated carbocycles. The second kappa shape index (κ2) is 6.61. The molecule has 1 aromatic rings. The van der Waals surface area contributed by atoms with Crippen molar-refractivity contribution in [3.63, 3.8) is 0 Å². The average Bonchev–Trinajstić information content (AvgIpc) is 2.64. The molecule has 0 N–H and O–H groups in total. The van der Waals surface area contributed by atoms with Crippen LogP contribution in [0.5, 0.6) is 5.75 Å². The van der Waals surface area contributed by atoms with Crippen LogP contribution in [-0.4, -0.2) is 24.4 Å². The first kappa shape index (κ1) is 15.4. The molecule has 20 heavy (non-hydrogen) atoms. The Morgan fingerprint density at radius 1 is 1.30 bits per heavy atom. The summed E-state index contributed by atoms with van der Waals surface area (Å²) in [5.74, 6) is 0.969. The second-order valence-electron chi connectivity index (χ2n) is 5.39. The fraction of sp³-hybridized carbons (Fsp3) is 0.562. The summed E-state index contributed by atoms with van der Waals surface area (Å²) in [5, 5.41) is 0.903. The fourth-order valence-electron chi connectivity index (χ4n) is 2.53. The van der Waals surface area contributed by atoms with Crippen molar-refractivity contribution in [2.24, 2.45) is 5.41 Å². The van der Waals surface area contributed by atoms with Gasteiger partial charge in [-0.3, -0.25) is 4.79 Å². The van der Waals surface area contributed by atoms with Gasteiger partial charge < -0.3 is 9.64 Å². The van der Waals surface area contributed by atoms with Gasteiger partial charge in [-0.1, -0.05) is 41.9 Å². The van der Waals surface area contributed by atoms with E-state index in [1.807, 2.05) is 29.2 Å². The monoisotopic (exact) mass is 339 g/mol. The van der Waals surface area contributed by atoms with E-state index in [2.05, 4.69) is 29.8 Å². The van der Waals surface area contributed by atoms with Gasteiger partial charge in [0.25, 0.3) is 0 Å². The summed E-state index contributed by atoms with van der Waals surface area (Å²) in [6.45, 7) is 5.58. The summed E-state index contributed by atoms with van der Waals surface area (Å²) in [4.78, 5) is 14.3. The molecule has 1 amide bonds. The molecule has 0 fully saturated rings. The quantitative estimate of drug-likeness (QED) is 0.758. The molecule has 1 aliphatic rings. The lowest BCUT2D eigenvalue weighted by molar-refractivity contribution is -0.119. The van der Waals surface area contributed by atoms with E-state index in [-0.39, 0.29) is 11.3 Å². The zero-order valence-electron chi connectivity index (χ0n) is 12.2. The van der Waals surface area contributed by atoms with Gasteiger partial charge in [0.2, 0.25) is 5.91 Å². The highest BCUT2D eigenvalue weighted by Gasteiger charge is 2.32. The van der Waals surface area contributed by atoms with Gasteiger partial charge in [-0.05, 0) is 30.4 Å². The molecular formula is C16H22BrNO2. The maximum Gasteiger partial charge on any atom is 0.230 e. The van der Waals surface area contributed by atoms with Crippen LogP contribution < -0.4 is 9.64 Å². The third-order valence-corrected chi connectivity index (χ3v) is 5.50. The van der Waals surface area contributed by atoms with Crippen molar-refractivity contribution in [3.8, 4) is 5.75 Å². The summed E-state index contributed by atoms with van der Waals surface area (Å²) in [6, 6.07) is 7.82. The molecule has 0 spiro atoms. The van der Waals surface area contributed by atoms with Crippen molar-refractivity contribution < 1.29 is 9.53 Å². The number of hydrogen-bond donors (Lipinski definition) is 0. The number of rotatable bonds is 5. The van der Waals surface area contributed by atoms with E-state index < -0.39 is 0 Å². The molecule has 0 radical (unpaired) electrons. The molecule has 1 aromatic carbocycles. The minimum Gasteiger partial charge on any atom is -0.491 e. The number of anilines is 1. The summed E-state index contributed by atoms with van der Waals surface area (Å²) in [7, 11) is 0. The van der Waals surface area contributed by atoms with Crippen LogP contribution in [0.25, 0.3) is 0 Å². The van der Waals surface area contributed by atoms with Gasteiger partial charge in [-0.15, -0.1) is 0 Å². The fourth-order valence-corrected chi connectivity index (χ4v) is 3.50. The Bertz CT molecular complexity index is 463. The summed E-state index contributed by atoms with van der Waals surface area (Å²) >= 11 is 3.63. The largest absolute Gasteiger partial charge is 0.491 e. The molecule has 1 aliphatic heterocycles. The van der Waals surface area contributed by atoms with Crippen LogP contribution in [0.3, 0.4) is 0 Å². The molecule has 110 valence electrons. The third kappa shape index (κ3) is 3.00. The average molecular weight is 340 g/mol. The van der Waals surface area contributed by atoms with Crippen LogP contribution in [0, 0.1) is 5.41 Å². The third-order valence-electron chi connectivity index (χ3n) is 4.31. The molecule has 1 heterocycles. The van der Waals surface area contributed by atoms with Gasteiger partial charge in [0.05, 0.1) is 18.7 Å². The Labute approximate surface area is 129 Å². The Kier molecular flexibility index (Phi) is 5.08. The number of hydrogen-bond acceptors (Lipinski definition) is 2. The van der Waals surface area contributed by atoms with Gasteiger partial charge in [-0.2, -0.15) is 0 Å². The van der Waals surface area contributed by atoms with Crippen LogP contribution in [-0.2, 0) is 4.79 Å². The zero-order valence-corrected chi connectivity index (χ0v) is 13.8. The normalized spacial score (nSPS) is 15.6. The van der Waals surface area contributed by atoms with Crippen LogP contribution in [0.4, 0.5) is 5.69 Å². The molecule has 0 atom stereocenters. The van der Waals surface area contributed by atoms with Crippen LogP contribution in [0.1, 0.15) is 33.1 Å². The molecule has 0 saturated heterocycles. The van der Waals surface area contributed by atoms with Gasteiger partial charge in [-0.25, -0.2) is 0 Å². The topological polar surface area (TPSA) is 29.5 Å². The second-order valence-corrected chi connectivity index (χ2v) is 5.95. The van der Waals surface area contributed by atoms with Crippen LogP contribution in [0.15, 0.2) is 24.3 Å². The van der Waals surface area contributed by atoms with E-state index in [4.69, 9.17) is 4.74 Å². The minimum atomic E-state index is 0.118. The smallest absolute Gasteiger partial charge is 0.230 e. The van der Waals surface area contributed by atoms with E-state index in [9.17, 15) is 4.79 Å². The number of carbonyl (C=O) groups excluding carboxylic acids is 1. The minimum absolute atomic E-state index is 0.118. The van der Waals surface area contributed by atoms with E-state index in [0.717, 1.165) is 36.2 Å². The first-order valence-corrected chi connectivity index (χ1v) is 8.36.